The molecule has 0 bridgehead atoms. The van der Waals surface area contributed by atoms with Crippen LogP contribution in [0.5, 0.6) is 0 Å². The number of benzene rings is 1. The van der Waals surface area contributed by atoms with Crippen LogP contribution in [0.2, 0.25) is 0 Å². The zero-order chi connectivity index (χ0) is 12.0. The van der Waals surface area contributed by atoms with E-state index in [0.717, 1.165) is 13.1 Å². The first-order valence-corrected chi connectivity index (χ1v) is 5.55. The van der Waals surface area contributed by atoms with Crippen molar-refractivity contribution in [3.63, 3.8) is 0 Å². The van der Waals surface area contributed by atoms with Gasteiger partial charge in [-0.2, -0.15) is 0 Å². The number of carbonyl (C=O) groups is 1. The molecule has 0 saturated carbocycles. The second-order valence-electron chi connectivity index (χ2n) is 4.25. The van der Waals surface area contributed by atoms with Gasteiger partial charge >= 0.3 is 5.97 Å². The van der Waals surface area contributed by atoms with Gasteiger partial charge in [0.1, 0.15) is 0 Å². The van der Waals surface area contributed by atoms with E-state index in [1.807, 2.05) is 25.2 Å². The highest BCUT2D eigenvalue weighted by atomic mass is 16.4. The predicted molar refractivity (Wildman–Crippen MR) is 64.2 cm³/mol. The molecule has 88 valence electrons. The minimum absolute atomic E-state index is 0.266. The van der Waals surface area contributed by atoms with Crippen LogP contribution >= 0.6 is 0 Å². The van der Waals surface area contributed by atoms with Crippen LogP contribution in [0.15, 0.2) is 30.3 Å². The highest BCUT2D eigenvalue weighted by Crippen LogP contribution is 2.06. The molecule has 0 fully saturated rings. The predicted octanol–water partition coefficient (Wildman–Crippen LogP) is 2.23. The van der Waals surface area contributed by atoms with Gasteiger partial charge in [0, 0.05) is 6.54 Å². The van der Waals surface area contributed by atoms with Crippen molar-refractivity contribution in [2.45, 2.75) is 19.9 Å². The molecule has 0 radical (unpaired) electrons. The van der Waals surface area contributed by atoms with E-state index in [-0.39, 0.29) is 5.92 Å². The van der Waals surface area contributed by atoms with Crippen molar-refractivity contribution in [1.29, 1.82) is 0 Å². The van der Waals surface area contributed by atoms with Gasteiger partial charge in [-0.3, -0.25) is 4.79 Å². The van der Waals surface area contributed by atoms with Gasteiger partial charge in [0.15, 0.2) is 0 Å². The van der Waals surface area contributed by atoms with Crippen molar-refractivity contribution < 1.29 is 9.90 Å². The SMILES string of the molecule is CC(CCN(C)Cc1ccccc1)C(=O)O. The summed E-state index contributed by atoms with van der Waals surface area (Å²) in [5, 5.41) is 8.77. The van der Waals surface area contributed by atoms with Gasteiger partial charge in [0.2, 0.25) is 0 Å². The third-order valence-corrected chi connectivity index (χ3v) is 2.66. The van der Waals surface area contributed by atoms with Crippen molar-refractivity contribution in [3.8, 4) is 0 Å². The molecular weight excluding hydrogens is 202 g/mol. The summed E-state index contributed by atoms with van der Waals surface area (Å²) in [6.45, 7) is 3.42. The minimum atomic E-state index is -0.715. The molecule has 1 aromatic rings. The van der Waals surface area contributed by atoms with E-state index in [9.17, 15) is 4.79 Å². The standard InChI is InChI=1S/C13H19NO2/c1-11(13(15)16)8-9-14(2)10-12-6-4-3-5-7-12/h3-7,11H,8-10H2,1-2H3,(H,15,16). The van der Waals surface area contributed by atoms with Crippen LogP contribution in [0.25, 0.3) is 0 Å². The first-order chi connectivity index (χ1) is 7.59. The molecule has 3 nitrogen and oxygen atoms in total. The summed E-state index contributed by atoms with van der Waals surface area (Å²) in [6, 6.07) is 10.2. The highest BCUT2D eigenvalue weighted by molar-refractivity contribution is 5.69. The van der Waals surface area contributed by atoms with E-state index in [1.54, 1.807) is 6.92 Å². The first-order valence-electron chi connectivity index (χ1n) is 5.55. The number of rotatable bonds is 6. The Kier molecular flexibility index (Phi) is 4.99. The van der Waals surface area contributed by atoms with Crippen molar-refractivity contribution >= 4 is 5.97 Å². The van der Waals surface area contributed by atoms with Gasteiger partial charge in [-0.25, -0.2) is 0 Å². The van der Waals surface area contributed by atoms with Crippen molar-refractivity contribution in [2.75, 3.05) is 13.6 Å². The Hall–Kier alpha value is -1.35. The molecule has 0 aromatic heterocycles. The minimum Gasteiger partial charge on any atom is -0.481 e. The smallest absolute Gasteiger partial charge is 0.306 e. The third kappa shape index (κ3) is 4.45. The Balaban J connectivity index is 2.31. The lowest BCUT2D eigenvalue weighted by Gasteiger charge is -2.17. The summed E-state index contributed by atoms with van der Waals surface area (Å²) >= 11 is 0. The maximum atomic E-state index is 10.7. The Morgan fingerprint density at radius 3 is 2.56 bits per heavy atom. The van der Waals surface area contributed by atoms with Crippen molar-refractivity contribution in [1.82, 2.24) is 4.90 Å². The fraction of sp³-hybridized carbons (Fsp3) is 0.462. The summed E-state index contributed by atoms with van der Waals surface area (Å²) in [4.78, 5) is 12.8. The molecule has 0 heterocycles. The normalized spacial score (nSPS) is 12.7. The number of hydrogen-bond acceptors (Lipinski definition) is 2. The zero-order valence-corrected chi connectivity index (χ0v) is 9.89. The van der Waals surface area contributed by atoms with Crippen LogP contribution in [0, 0.1) is 5.92 Å². The molecule has 0 saturated heterocycles. The van der Waals surface area contributed by atoms with Crippen LogP contribution in [0.1, 0.15) is 18.9 Å². The maximum absolute atomic E-state index is 10.7. The number of aliphatic carboxylic acids is 1. The van der Waals surface area contributed by atoms with Crippen molar-refractivity contribution in [3.05, 3.63) is 35.9 Å². The lowest BCUT2D eigenvalue weighted by atomic mass is 10.1. The molecule has 0 aliphatic rings. The van der Waals surface area contributed by atoms with Gasteiger partial charge in [0.05, 0.1) is 5.92 Å². The zero-order valence-electron chi connectivity index (χ0n) is 9.89. The van der Waals surface area contributed by atoms with E-state index in [2.05, 4.69) is 17.0 Å². The van der Waals surface area contributed by atoms with E-state index >= 15 is 0 Å². The number of carboxylic acids is 1. The quantitative estimate of drug-likeness (QED) is 0.800. The Labute approximate surface area is 96.7 Å². The third-order valence-electron chi connectivity index (χ3n) is 2.66. The Morgan fingerprint density at radius 1 is 1.38 bits per heavy atom. The van der Waals surface area contributed by atoms with Crippen LogP contribution in [-0.2, 0) is 11.3 Å². The van der Waals surface area contributed by atoms with Gasteiger partial charge in [0.25, 0.3) is 0 Å². The van der Waals surface area contributed by atoms with Gasteiger partial charge in [-0.1, -0.05) is 37.3 Å². The average Bonchev–Trinajstić information content (AvgIpc) is 2.27. The number of carboxylic acid groups (broad SMARTS) is 1. The van der Waals surface area contributed by atoms with Gasteiger partial charge < -0.3 is 10.0 Å². The van der Waals surface area contributed by atoms with Crippen LogP contribution in [-0.4, -0.2) is 29.6 Å². The monoisotopic (exact) mass is 221 g/mol. The number of nitrogens with zero attached hydrogens (tertiary/aromatic N) is 1. The molecule has 0 amide bonds. The first kappa shape index (κ1) is 12.7. The molecular formula is C13H19NO2. The summed E-state index contributed by atoms with van der Waals surface area (Å²) in [5.41, 5.74) is 1.26. The van der Waals surface area contributed by atoms with E-state index in [4.69, 9.17) is 5.11 Å². The molecule has 1 rings (SSSR count). The van der Waals surface area contributed by atoms with Crippen LogP contribution in [0.3, 0.4) is 0 Å². The van der Waals surface area contributed by atoms with Crippen LogP contribution in [0.4, 0.5) is 0 Å². The molecule has 1 unspecified atom stereocenters. The van der Waals surface area contributed by atoms with Gasteiger partial charge in [-0.15, -0.1) is 0 Å². The molecule has 1 atom stereocenters. The van der Waals surface area contributed by atoms with E-state index in [0.29, 0.717) is 6.42 Å². The topological polar surface area (TPSA) is 40.5 Å². The summed E-state index contributed by atoms with van der Waals surface area (Å²) in [5.74, 6) is -0.980. The lowest BCUT2D eigenvalue weighted by Crippen LogP contribution is -2.23. The summed E-state index contributed by atoms with van der Waals surface area (Å²) in [7, 11) is 2.02. The second kappa shape index (κ2) is 6.28. The fourth-order valence-corrected chi connectivity index (χ4v) is 1.51. The molecule has 3 heteroatoms. The van der Waals surface area contributed by atoms with Crippen molar-refractivity contribution in [2.24, 2.45) is 5.92 Å². The lowest BCUT2D eigenvalue weighted by molar-refractivity contribution is -0.141. The second-order valence-corrected chi connectivity index (χ2v) is 4.25. The average molecular weight is 221 g/mol. The van der Waals surface area contributed by atoms with Crippen LogP contribution < -0.4 is 0 Å². The fourth-order valence-electron chi connectivity index (χ4n) is 1.51. The Morgan fingerprint density at radius 2 is 2.00 bits per heavy atom. The highest BCUT2D eigenvalue weighted by Gasteiger charge is 2.11. The molecule has 0 aliphatic carbocycles. The summed E-state index contributed by atoms with van der Waals surface area (Å²) < 4.78 is 0. The summed E-state index contributed by atoms with van der Waals surface area (Å²) in [6.07, 6.45) is 0.693. The molecule has 1 N–H and O–H groups in total. The maximum Gasteiger partial charge on any atom is 0.306 e. The largest absolute Gasteiger partial charge is 0.481 e. The van der Waals surface area contributed by atoms with E-state index in [1.165, 1.54) is 5.56 Å². The molecule has 0 aliphatic heterocycles. The van der Waals surface area contributed by atoms with Gasteiger partial charge in [-0.05, 0) is 25.6 Å². The van der Waals surface area contributed by atoms with E-state index < -0.39 is 5.97 Å². The molecule has 16 heavy (non-hydrogen) atoms. The Bertz CT molecular complexity index is 324. The number of hydrogen-bond donors (Lipinski definition) is 1. The molecule has 1 aromatic carbocycles. The molecule has 0 spiro atoms.